The Morgan fingerprint density at radius 3 is 2.90 bits per heavy atom. The fourth-order valence-corrected chi connectivity index (χ4v) is 1.74. The quantitative estimate of drug-likeness (QED) is 0.829. The number of carbonyl (C=O) groups is 1. The van der Waals surface area contributed by atoms with Crippen LogP contribution in [0.25, 0.3) is 0 Å². The highest BCUT2D eigenvalue weighted by molar-refractivity contribution is 6.04. The Balaban J connectivity index is 2.22. The van der Waals surface area contributed by atoms with Gasteiger partial charge in [0, 0.05) is 11.8 Å². The molecule has 0 atom stereocenters. The first-order valence-corrected chi connectivity index (χ1v) is 6.33. The zero-order valence-electron chi connectivity index (χ0n) is 11.5. The van der Waals surface area contributed by atoms with Gasteiger partial charge in [0.2, 0.25) is 0 Å². The minimum atomic E-state index is -0.627. The van der Waals surface area contributed by atoms with E-state index in [0.717, 1.165) is 0 Å². The number of hydrogen-bond acceptors (Lipinski definition) is 3. The maximum Gasteiger partial charge on any atom is 0.258 e. The number of anilines is 1. The Morgan fingerprint density at radius 1 is 1.43 bits per heavy atom. The van der Waals surface area contributed by atoms with Crippen molar-refractivity contribution in [1.82, 2.24) is 4.98 Å². The van der Waals surface area contributed by atoms with E-state index in [4.69, 9.17) is 5.73 Å². The van der Waals surface area contributed by atoms with Gasteiger partial charge in [-0.2, -0.15) is 0 Å². The van der Waals surface area contributed by atoms with Crippen LogP contribution in [-0.2, 0) is 0 Å². The molecule has 0 spiro atoms. The third kappa shape index (κ3) is 3.65. The van der Waals surface area contributed by atoms with E-state index in [-0.39, 0.29) is 12.1 Å². The molecule has 0 saturated heterocycles. The Morgan fingerprint density at radius 2 is 2.24 bits per heavy atom. The average Bonchev–Trinajstić information content (AvgIpc) is 2.47. The van der Waals surface area contributed by atoms with Crippen molar-refractivity contribution in [3.8, 4) is 11.8 Å². The van der Waals surface area contributed by atoms with Gasteiger partial charge in [0.05, 0.1) is 23.5 Å². The number of carbonyl (C=O) groups excluding carboxylic acids is 1. The number of rotatable bonds is 2. The molecule has 0 saturated carbocycles. The fraction of sp³-hybridized carbons (Fsp3) is 0.125. The topological polar surface area (TPSA) is 68.0 Å². The highest BCUT2D eigenvalue weighted by atomic mass is 19.1. The van der Waals surface area contributed by atoms with Crippen molar-refractivity contribution in [2.24, 2.45) is 5.73 Å². The lowest BCUT2D eigenvalue weighted by molar-refractivity contribution is 0.102. The molecule has 1 heterocycles. The van der Waals surface area contributed by atoms with Crippen LogP contribution in [-0.4, -0.2) is 17.4 Å². The van der Waals surface area contributed by atoms with Gasteiger partial charge >= 0.3 is 0 Å². The van der Waals surface area contributed by atoms with Gasteiger partial charge in [-0.05, 0) is 37.3 Å². The number of nitrogens with one attached hydrogen (secondary N) is 1. The monoisotopic (exact) mass is 283 g/mol. The van der Waals surface area contributed by atoms with Gasteiger partial charge < -0.3 is 11.1 Å². The number of amides is 1. The first-order chi connectivity index (χ1) is 10.1. The predicted octanol–water partition coefficient (Wildman–Crippen LogP) is 2.09. The molecule has 0 radical (unpaired) electrons. The predicted molar refractivity (Wildman–Crippen MR) is 79.3 cm³/mol. The summed E-state index contributed by atoms with van der Waals surface area (Å²) in [5, 5.41) is 2.63. The summed E-state index contributed by atoms with van der Waals surface area (Å²) in [5.41, 5.74) is 6.90. The fourth-order valence-electron chi connectivity index (χ4n) is 1.74. The number of aromatic nitrogens is 1. The normalized spacial score (nSPS) is 9.67. The number of nitrogens with zero attached hydrogens (tertiary/aromatic N) is 1. The van der Waals surface area contributed by atoms with Gasteiger partial charge in [-0.3, -0.25) is 9.78 Å². The largest absolute Gasteiger partial charge is 0.320 e. The van der Waals surface area contributed by atoms with Gasteiger partial charge in [0.1, 0.15) is 5.82 Å². The third-order valence-electron chi connectivity index (χ3n) is 2.80. The van der Waals surface area contributed by atoms with Gasteiger partial charge in [0.15, 0.2) is 0 Å². The van der Waals surface area contributed by atoms with Crippen LogP contribution in [0.1, 0.15) is 21.6 Å². The SMILES string of the molecule is Cc1ncccc1NC(=O)c1ccc(C#CCN)cc1F. The number of nitrogens with two attached hydrogens (primary N) is 1. The molecule has 0 unspecified atom stereocenters. The van der Waals surface area contributed by atoms with E-state index < -0.39 is 11.7 Å². The smallest absolute Gasteiger partial charge is 0.258 e. The van der Waals surface area contributed by atoms with Crippen molar-refractivity contribution in [2.45, 2.75) is 6.92 Å². The van der Waals surface area contributed by atoms with Crippen LogP contribution >= 0.6 is 0 Å². The van der Waals surface area contributed by atoms with Crippen LogP contribution < -0.4 is 11.1 Å². The van der Waals surface area contributed by atoms with Crippen molar-refractivity contribution >= 4 is 11.6 Å². The molecule has 106 valence electrons. The van der Waals surface area contributed by atoms with Crippen LogP contribution in [0.3, 0.4) is 0 Å². The van der Waals surface area contributed by atoms with Crippen LogP contribution in [0.5, 0.6) is 0 Å². The van der Waals surface area contributed by atoms with E-state index in [9.17, 15) is 9.18 Å². The lowest BCUT2D eigenvalue weighted by atomic mass is 10.1. The summed E-state index contributed by atoms with van der Waals surface area (Å²) in [6.45, 7) is 1.96. The summed E-state index contributed by atoms with van der Waals surface area (Å²) in [6, 6.07) is 7.60. The Labute approximate surface area is 122 Å². The van der Waals surface area contributed by atoms with Crippen molar-refractivity contribution < 1.29 is 9.18 Å². The Hall–Kier alpha value is -2.71. The third-order valence-corrected chi connectivity index (χ3v) is 2.80. The van der Waals surface area contributed by atoms with Gasteiger partial charge in [-0.15, -0.1) is 0 Å². The first kappa shape index (κ1) is 14.7. The summed E-state index contributed by atoms with van der Waals surface area (Å²) in [4.78, 5) is 16.1. The molecule has 1 aromatic heterocycles. The van der Waals surface area contributed by atoms with Crippen LogP contribution in [0.15, 0.2) is 36.5 Å². The second-order valence-electron chi connectivity index (χ2n) is 4.29. The molecule has 21 heavy (non-hydrogen) atoms. The lowest BCUT2D eigenvalue weighted by Crippen LogP contribution is -2.15. The summed E-state index contributed by atoms with van der Waals surface area (Å²) >= 11 is 0. The second kappa shape index (κ2) is 6.64. The van der Waals surface area contributed by atoms with Crippen molar-refractivity contribution in [1.29, 1.82) is 0 Å². The van der Waals surface area contributed by atoms with E-state index in [1.807, 2.05) is 0 Å². The summed E-state index contributed by atoms with van der Waals surface area (Å²) < 4.78 is 14.0. The zero-order valence-corrected chi connectivity index (χ0v) is 11.5. The summed E-state index contributed by atoms with van der Waals surface area (Å²) in [7, 11) is 0. The molecule has 3 N–H and O–H groups in total. The zero-order chi connectivity index (χ0) is 15.2. The van der Waals surface area contributed by atoms with Gasteiger partial charge in [-0.25, -0.2) is 4.39 Å². The molecule has 2 aromatic rings. The van der Waals surface area contributed by atoms with Crippen LogP contribution in [0.4, 0.5) is 10.1 Å². The van der Waals surface area contributed by atoms with Gasteiger partial charge in [-0.1, -0.05) is 11.8 Å². The Bertz CT molecular complexity index is 732. The minimum absolute atomic E-state index is 0.0449. The lowest BCUT2D eigenvalue weighted by Gasteiger charge is -2.08. The molecule has 0 aliphatic heterocycles. The highest BCUT2D eigenvalue weighted by Gasteiger charge is 2.13. The van der Waals surface area contributed by atoms with Crippen molar-refractivity contribution in [3.05, 3.63) is 59.2 Å². The van der Waals surface area contributed by atoms with Crippen molar-refractivity contribution in [2.75, 3.05) is 11.9 Å². The van der Waals surface area contributed by atoms with Crippen LogP contribution in [0.2, 0.25) is 0 Å². The highest BCUT2D eigenvalue weighted by Crippen LogP contribution is 2.15. The Kier molecular flexibility index (Phi) is 4.64. The average molecular weight is 283 g/mol. The molecule has 0 aliphatic carbocycles. The molecule has 1 aromatic carbocycles. The van der Waals surface area contributed by atoms with E-state index >= 15 is 0 Å². The molecule has 1 amide bonds. The van der Waals surface area contributed by atoms with Crippen molar-refractivity contribution in [3.63, 3.8) is 0 Å². The molecular weight excluding hydrogens is 269 g/mol. The van der Waals surface area contributed by atoms with E-state index in [1.54, 1.807) is 31.3 Å². The number of hydrogen-bond donors (Lipinski definition) is 2. The van der Waals surface area contributed by atoms with E-state index in [1.165, 1.54) is 12.1 Å². The molecular formula is C16H14FN3O. The van der Waals surface area contributed by atoms with E-state index in [0.29, 0.717) is 16.9 Å². The number of aryl methyl sites for hydroxylation is 1. The second-order valence-corrected chi connectivity index (χ2v) is 4.29. The number of pyridine rings is 1. The standard InChI is InChI=1S/C16H14FN3O/c1-11-15(5-3-9-19-11)20-16(21)13-7-6-12(4-2-8-18)10-14(13)17/h3,5-7,9-10H,8,18H2,1H3,(H,20,21). The maximum atomic E-state index is 14.0. The van der Waals surface area contributed by atoms with E-state index in [2.05, 4.69) is 22.1 Å². The summed E-state index contributed by atoms with van der Waals surface area (Å²) in [6.07, 6.45) is 1.62. The molecule has 0 aliphatic rings. The molecule has 4 nitrogen and oxygen atoms in total. The molecule has 0 bridgehead atoms. The molecule has 5 heteroatoms. The number of halogens is 1. The molecule has 2 rings (SSSR count). The minimum Gasteiger partial charge on any atom is -0.320 e. The molecule has 0 fully saturated rings. The summed E-state index contributed by atoms with van der Waals surface area (Å²) in [5.74, 6) is 4.19. The first-order valence-electron chi connectivity index (χ1n) is 6.33. The maximum absolute atomic E-state index is 14.0. The van der Waals surface area contributed by atoms with Crippen LogP contribution in [0, 0.1) is 24.6 Å². The van der Waals surface area contributed by atoms with Gasteiger partial charge in [0.25, 0.3) is 5.91 Å². The number of benzene rings is 1.